The smallest absolute Gasteiger partial charge is 0.192 e. The highest BCUT2D eigenvalue weighted by Crippen LogP contribution is 2.28. The summed E-state index contributed by atoms with van der Waals surface area (Å²) in [6.07, 6.45) is 5.25. The van der Waals surface area contributed by atoms with Gasteiger partial charge in [0.1, 0.15) is 0 Å². The van der Waals surface area contributed by atoms with Gasteiger partial charge in [0.05, 0.1) is 5.75 Å². The fourth-order valence-corrected chi connectivity index (χ4v) is 4.30. The molecule has 0 N–H and O–H groups in total. The van der Waals surface area contributed by atoms with Crippen LogP contribution in [0.4, 0.5) is 0 Å². The molecule has 0 saturated carbocycles. The quantitative estimate of drug-likeness (QED) is 0.261. The molecule has 6 nitrogen and oxygen atoms in total. The monoisotopic (exact) mass is 403 g/mol. The lowest BCUT2D eigenvalue weighted by Gasteiger charge is -2.07. The highest BCUT2D eigenvalue weighted by Gasteiger charge is 2.20. The van der Waals surface area contributed by atoms with Gasteiger partial charge in [-0.1, -0.05) is 36.0 Å². The van der Waals surface area contributed by atoms with Crippen molar-refractivity contribution in [1.82, 2.24) is 24.3 Å². The lowest BCUT2D eigenvalue weighted by molar-refractivity contribution is 0.102. The SMILES string of the molecule is C=CCn1c(SCC(=O)c2c(C)n(C)c3ccccc23)nnc1-c1ccncc1. The Balaban J connectivity index is 1.62. The normalized spacial score (nSPS) is 11.1. The molecule has 4 rings (SSSR count). The number of nitrogens with zero attached hydrogens (tertiary/aromatic N) is 5. The van der Waals surface area contributed by atoms with Crippen LogP contribution >= 0.6 is 11.8 Å². The Morgan fingerprint density at radius 3 is 2.69 bits per heavy atom. The molecular formula is C22H21N5OS. The number of carbonyl (C=O) groups excluding carboxylic acids is 1. The average molecular weight is 404 g/mol. The molecular weight excluding hydrogens is 382 g/mol. The van der Waals surface area contributed by atoms with E-state index in [0.717, 1.165) is 33.5 Å². The number of thioether (sulfide) groups is 1. The van der Waals surface area contributed by atoms with Crippen LogP contribution in [0.3, 0.4) is 0 Å². The molecule has 0 atom stereocenters. The van der Waals surface area contributed by atoms with E-state index in [0.29, 0.717) is 17.5 Å². The average Bonchev–Trinajstić information content (AvgIpc) is 3.26. The van der Waals surface area contributed by atoms with Crippen molar-refractivity contribution in [3.05, 3.63) is 72.7 Å². The first-order valence-electron chi connectivity index (χ1n) is 9.26. The molecule has 0 radical (unpaired) electrons. The van der Waals surface area contributed by atoms with Crippen molar-refractivity contribution in [1.29, 1.82) is 0 Å². The van der Waals surface area contributed by atoms with Crippen molar-refractivity contribution < 1.29 is 4.79 Å². The summed E-state index contributed by atoms with van der Waals surface area (Å²) in [5, 5.41) is 10.3. The highest BCUT2D eigenvalue weighted by molar-refractivity contribution is 7.99. The molecule has 3 aromatic heterocycles. The second-order valence-electron chi connectivity index (χ2n) is 6.69. The zero-order valence-corrected chi connectivity index (χ0v) is 17.2. The fraction of sp³-hybridized carbons (Fsp3) is 0.182. The van der Waals surface area contributed by atoms with Gasteiger partial charge in [0.2, 0.25) is 0 Å². The molecule has 0 aliphatic rings. The largest absolute Gasteiger partial charge is 0.347 e. The summed E-state index contributed by atoms with van der Waals surface area (Å²) in [6.45, 7) is 6.38. The van der Waals surface area contributed by atoms with E-state index in [1.54, 1.807) is 18.5 Å². The van der Waals surface area contributed by atoms with Crippen LogP contribution in [0.1, 0.15) is 16.1 Å². The molecule has 146 valence electrons. The van der Waals surface area contributed by atoms with Gasteiger partial charge in [-0.15, -0.1) is 16.8 Å². The first-order valence-corrected chi connectivity index (χ1v) is 10.2. The number of hydrogen-bond acceptors (Lipinski definition) is 5. The van der Waals surface area contributed by atoms with Gasteiger partial charge in [0.15, 0.2) is 16.8 Å². The number of aromatic nitrogens is 5. The molecule has 0 amide bonds. The van der Waals surface area contributed by atoms with Gasteiger partial charge in [-0.25, -0.2) is 0 Å². The Morgan fingerprint density at radius 1 is 1.17 bits per heavy atom. The third-order valence-electron chi connectivity index (χ3n) is 4.98. The minimum absolute atomic E-state index is 0.0860. The number of benzene rings is 1. The van der Waals surface area contributed by atoms with Crippen LogP contribution in [-0.4, -0.2) is 35.9 Å². The standard InChI is InChI=1S/C22H21N5OS/c1-4-13-27-21(16-9-11-23-12-10-16)24-25-22(27)29-14-19(28)20-15(2)26(3)18-8-6-5-7-17(18)20/h4-12H,1,13-14H2,2-3H3. The fourth-order valence-electron chi connectivity index (χ4n) is 3.48. The van der Waals surface area contributed by atoms with E-state index in [4.69, 9.17) is 0 Å². The number of pyridine rings is 1. The Bertz CT molecular complexity index is 1190. The van der Waals surface area contributed by atoms with Crippen molar-refractivity contribution in [3.8, 4) is 11.4 Å². The van der Waals surface area contributed by atoms with Crippen molar-refractivity contribution in [2.24, 2.45) is 7.05 Å². The number of carbonyl (C=O) groups is 1. The maximum absolute atomic E-state index is 13.1. The van der Waals surface area contributed by atoms with Gasteiger partial charge in [-0.05, 0) is 25.1 Å². The predicted octanol–water partition coefficient (Wildman–Crippen LogP) is 4.30. The molecule has 3 heterocycles. The van der Waals surface area contributed by atoms with Gasteiger partial charge in [0, 0.05) is 53.7 Å². The molecule has 0 fully saturated rings. The van der Waals surface area contributed by atoms with E-state index in [1.807, 2.05) is 54.9 Å². The number of aryl methyl sites for hydroxylation is 1. The number of fused-ring (bicyclic) bond motifs is 1. The molecule has 0 unspecified atom stereocenters. The number of hydrogen-bond donors (Lipinski definition) is 0. The van der Waals surface area contributed by atoms with Crippen LogP contribution in [0.2, 0.25) is 0 Å². The van der Waals surface area contributed by atoms with Crippen LogP contribution in [-0.2, 0) is 13.6 Å². The molecule has 0 spiro atoms. The summed E-state index contributed by atoms with van der Waals surface area (Å²) < 4.78 is 4.03. The topological polar surface area (TPSA) is 65.6 Å². The van der Waals surface area contributed by atoms with Gasteiger partial charge >= 0.3 is 0 Å². The summed E-state index contributed by atoms with van der Waals surface area (Å²) >= 11 is 1.40. The van der Waals surface area contributed by atoms with E-state index < -0.39 is 0 Å². The van der Waals surface area contributed by atoms with Crippen LogP contribution in [0.25, 0.3) is 22.3 Å². The Hall–Kier alpha value is -3.19. The third-order valence-corrected chi connectivity index (χ3v) is 5.94. The van der Waals surface area contributed by atoms with E-state index in [9.17, 15) is 4.79 Å². The molecule has 0 aliphatic heterocycles. The number of rotatable bonds is 7. The van der Waals surface area contributed by atoms with Crippen molar-refractivity contribution in [2.75, 3.05) is 5.75 Å². The first-order chi connectivity index (χ1) is 14.1. The van der Waals surface area contributed by atoms with Crippen LogP contribution < -0.4 is 0 Å². The zero-order chi connectivity index (χ0) is 20.4. The second kappa shape index (κ2) is 8.05. The van der Waals surface area contributed by atoms with Gasteiger partial charge in [0.25, 0.3) is 0 Å². The summed E-state index contributed by atoms with van der Waals surface area (Å²) in [5.41, 5.74) is 3.74. The highest BCUT2D eigenvalue weighted by atomic mass is 32.2. The maximum atomic E-state index is 13.1. The predicted molar refractivity (Wildman–Crippen MR) is 116 cm³/mol. The Labute approximate surface area is 173 Å². The molecule has 7 heteroatoms. The van der Waals surface area contributed by atoms with E-state index in [-0.39, 0.29) is 5.78 Å². The molecule has 1 aromatic carbocycles. The number of allylic oxidation sites excluding steroid dienone is 1. The minimum Gasteiger partial charge on any atom is -0.347 e. The zero-order valence-electron chi connectivity index (χ0n) is 16.4. The maximum Gasteiger partial charge on any atom is 0.192 e. The lowest BCUT2D eigenvalue weighted by Crippen LogP contribution is -2.07. The van der Waals surface area contributed by atoms with E-state index in [2.05, 4.69) is 26.3 Å². The molecule has 29 heavy (non-hydrogen) atoms. The summed E-state index contributed by atoms with van der Waals surface area (Å²) in [4.78, 5) is 17.1. The number of ketones is 1. The van der Waals surface area contributed by atoms with Crippen molar-refractivity contribution in [3.63, 3.8) is 0 Å². The molecule has 0 saturated heterocycles. The molecule has 0 bridgehead atoms. The van der Waals surface area contributed by atoms with Crippen molar-refractivity contribution in [2.45, 2.75) is 18.6 Å². The van der Waals surface area contributed by atoms with Gasteiger partial charge in [-0.2, -0.15) is 0 Å². The van der Waals surface area contributed by atoms with Gasteiger partial charge in [-0.3, -0.25) is 14.3 Å². The van der Waals surface area contributed by atoms with Gasteiger partial charge < -0.3 is 4.57 Å². The van der Waals surface area contributed by atoms with E-state index >= 15 is 0 Å². The van der Waals surface area contributed by atoms with Crippen LogP contribution in [0.15, 0.2) is 66.6 Å². The molecule has 0 aliphatic carbocycles. The third kappa shape index (κ3) is 3.49. The summed E-state index contributed by atoms with van der Waals surface area (Å²) in [5.74, 6) is 1.12. The summed E-state index contributed by atoms with van der Waals surface area (Å²) in [6, 6.07) is 11.8. The molecule has 4 aromatic rings. The van der Waals surface area contributed by atoms with Crippen LogP contribution in [0, 0.1) is 6.92 Å². The summed E-state index contributed by atoms with van der Waals surface area (Å²) in [7, 11) is 1.99. The first kappa shape index (κ1) is 19.1. The lowest BCUT2D eigenvalue weighted by atomic mass is 10.1. The Kier molecular flexibility index (Phi) is 5.31. The second-order valence-corrected chi connectivity index (χ2v) is 7.63. The van der Waals surface area contributed by atoms with E-state index in [1.165, 1.54) is 11.8 Å². The minimum atomic E-state index is 0.0860. The van der Waals surface area contributed by atoms with Crippen molar-refractivity contribution >= 4 is 28.4 Å². The van der Waals surface area contributed by atoms with Crippen LogP contribution in [0.5, 0.6) is 0 Å². The number of Topliss-reactive ketones (excluding diaryl/α,β-unsaturated/α-hetero) is 1. The number of para-hydroxylation sites is 1. The Morgan fingerprint density at radius 2 is 1.93 bits per heavy atom.